The van der Waals surface area contributed by atoms with Gasteiger partial charge in [0.25, 0.3) is 0 Å². The van der Waals surface area contributed by atoms with Gasteiger partial charge in [-0.25, -0.2) is 0 Å². The Bertz CT molecular complexity index is 560. The Balaban J connectivity index is 1.20. The summed E-state index contributed by atoms with van der Waals surface area (Å²) in [6.45, 7) is 6.01. The van der Waals surface area contributed by atoms with Crippen LogP contribution in [0.2, 0.25) is 0 Å². The second kappa shape index (κ2) is 7.85. The quantitative estimate of drug-likeness (QED) is 0.813. The van der Waals surface area contributed by atoms with Crippen LogP contribution in [0.25, 0.3) is 0 Å². The monoisotopic (exact) mass is 344 g/mol. The second-order valence-electron chi connectivity index (χ2n) is 7.48. The second-order valence-corrected chi connectivity index (χ2v) is 7.48. The maximum absolute atomic E-state index is 12.4. The number of ether oxygens (including phenoxy) is 2. The summed E-state index contributed by atoms with van der Waals surface area (Å²) in [6, 6.07) is 10.7. The van der Waals surface area contributed by atoms with Gasteiger partial charge in [0.2, 0.25) is 5.91 Å². The van der Waals surface area contributed by atoms with Crippen molar-refractivity contribution in [3.05, 3.63) is 35.9 Å². The Morgan fingerprint density at radius 2 is 1.92 bits per heavy atom. The van der Waals surface area contributed by atoms with Gasteiger partial charge in [-0.15, -0.1) is 0 Å². The number of hydrogen-bond acceptors (Lipinski definition) is 4. The maximum atomic E-state index is 12.4. The van der Waals surface area contributed by atoms with E-state index in [9.17, 15) is 4.79 Å². The molecule has 25 heavy (non-hydrogen) atoms. The lowest BCUT2D eigenvalue weighted by molar-refractivity contribution is -0.138. The first-order chi connectivity index (χ1) is 12.3. The molecule has 1 amide bonds. The third-order valence-electron chi connectivity index (χ3n) is 5.72. The van der Waals surface area contributed by atoms with Crippen LogP contribution in [-0.2, 0) is 20.7 Å². The molecule has 5 heteroatoms. The number of carbonyl (C=O) groups excluding carboxylic acids is 1. The topological polar surface area (TPSA) is 42.0 Å². The van der Waals surface area contributed by atoms with Gasteiger partial charge < -0.3 is 19.3 Å². The van der Waals surface area contributed by atoms with Crippen LogP contribution < -0.4 is 0 Å². The molecule has 0 saturated carbocycles. The van der Waals surface area contributed by atoms with E-state index in [-0.39, 0.29) is 12.0 Å². The number of fused-ring (bicyclic) bond motifs is 1. The molecule has 0 aliphatic carbocycles. The lowest BCUT2D eigenvalue weighted by Crippen LogP contribution is -2.42. The minimum atomic E-state index is 0.113. The molecule has 3 aliphatic rings. The van der Waals surface area contributed by atoms with Gasteiger partial charge in [-0.3, -0.25) is 4.79 Å². The van der Waals surface area contributed by atoms with Crippen LogP contribution in [0, 0.1) is 5.92 Å². The molecule has 3 aliphatic heterocycles. The Hall–Kier alpha value is -1.43. The number of morpholine rings is 1. The predicted molar refractivity (Wildman–Crippen MR) is 95.4 cm³/mol. The third kappa shape index (κ3) is 4.22. The number of carbonyl (C=O) groups is 1. The highest BCUT2D eigenvalue weighted by molar-refractivity contribution is 5.76. The third-order valence-corrected chi connectivity index (χ3v) is 5.72. The molecule has 136 valence electrons. The molecule has 3 fully saturated rings. The molecule has 0 radical (unpaired) electrons. The number of benzene rings is 1. The maximum Gasteiger partial charge on any atom is 0.225 e. The molecule has 0 N–H and O–H groups in total. The highest BCUT2D eigenvalue weighted by Crippen LogP contribution is 2.34. The summed E-state index contributed by atoms with van der Waals surface area (Å²) in [5.41, 5.74) is 1.40. The largest absolute Gasteiger partial charge is 0.378 e. The number of nitrogens with zero attached hydrogens (tertiary/aromatic N) is 2. The summed E-state index contributed by atoms with van der Waals surface area (Å²) in [4.78, 5) is 16.8. The first-order valence-electron chi connectivity index (χ1n) is 9.55. The van der Waals surface area contributed by atoms with E-state index in [2.05, 4.69) is 35.2 Å². The Labute approximate surface area is 149 Å². The minimum absolute atomic E-state index is 0.113. The van der Waals surface area contributed by atoms with Gasteiger partial charge in [-0.05, 0) is 18.4 Å². The summed E-state index contributed by atoms with van der Waals surface area (Å²) in [5.74, 6) is 0.826. The number of amides is 1. The van der Waals surface area contributed by atoms with Gasteiger partial charge in [0.05, 0.1) is 31.8 Å². The van der Waals surface area contributed by atoms with Crippen LogP contribution in [0.4, 0.5) is 0 Å². The van der Waals surface area contributed by atoms with Crippen LogP contribution in [-0.4, -0.2) is 73.9 Å². The van der Waals surface area contributed by atoms with Crippen molar-refractivity contribution in [3.8, 4) is 0 Å². The summed E-state index contributed by atoms with van der Waals surface area (Å²) < 4.78 is 11.5. The van der Waals surface area contributed by atoms with Gasteiger partial charge >= 0.3 is 0 Å². The standard InChI is InChI=1S/C20H28N2O3/c23-20(22-8-10-24-11-9-22)13-18-12-17-14-21(15-19(17)25-18)7-6-16-4-2-1-3-5-16/h1-5,17-19H,6-15H2/t17-,18-,19+/m0/s1. The molecule has 3 heterocycles. The lowest BCUT2D eigenvalue weighted by Gasteiger charge is -2.28. The van der Waals surface area contributed by atoms with Crippen LogP contribution in [0.1, 0.15) is 18.4 Å². The molecule has 1 aromatic rings. The fourth-order valence-corrected chi connectivity index (χ4v) is 4.33. The zero-order chi connectivity index (χ0) is 17.1. The average molecular weight is 344 g/mol. The van der Waals surface area contributed by atoms with E-state index in [0.29, 0.717) is 31.7 Å². The first-order valence-corrected chi connectivity index (χ1v) is 9.55. The first kappa shape index (κ1) is 17.0. The zero-order valence-corrected chi connectivity index (χ0v) is 14.8. The molecule has 0 spiro atoms. The number of hydrogen-bond donors (Lipinski definition) is 0. The van der Waals surface area contributed by atoms with Crippen molar-refractivity contribution in [1.82, 2.24) is 9.80 Å². The predicted octanol–water partition coefficient (Wildman–Crippen LogP) is 1.57. The van der Waals surface area contributed by atoms with E-state index < -0.39 is 0 Å². The summed E-state index contributed by atoms with van der Waals surface area (Å²) in [6.07, 6.45) is 3.10. The molecule has 3 atom stereocenters. The van der Waals surface area contributed by atoms with Crippen LogP contribution in [0.3, 0.4) is 0 Å². The van der Waals surface area contributed by atoms with E-state index in [4.69, 9.17) is 9.47 Å². The zero-order valence-electron chi connectivity index (χ0n) is 14.8. The molecule has 0 bridgehead atoms. The van der Waals surface area contributed by atoms with E-state index >= 15 is 0 Å². The van der Waals surface area contributed by atoms with Crippen molar-refractivity contribution in [2.75, 3.05) is 45.9 Å². The van der Waals surface area contributed by atoms with E-state index in [1.54, 1.807) is 0 Å². The van der Waals surface area contributed by atoms with E-state index in [0.717, 1.165) is 45.6 Å². The SMILES string of the molecule is O=C(C[C@@H]1C[C@H]2CN(CCc3ccccc3)C[C@H]2O1)N1CCOCC1. The van der Waals surface area contributed by atoms with Crippen molar-refractivity contribution in [3.63, 3.8) is 0 Å². The summed E-state index contributed by atoms with van der Waals surface area (Å²) >= 11 is 0. The van der Waals surface area contributed by atoms with E-state index in [1.165, 1.54) is 5.56 Å². The highest BCUT2D eigenvalue weighted by Gasteiger charge is 2.42. The number of likely N-dealkylation sites (tertiary alicyclic amines) is 1. The van der Waals surface area contributed by atoms with Gasteiger partial charge in [0.15, 0.2) is 0 Å². The molecule has 3 saturated heterocycles. The highest BCUT2D eigenvalue weighted by atomic mass is 16.5. The normalized spacial score (nSPS) is 29.8. The van der Waals surface area contributed by atoms with Crippen molar-refractivity contribution in [1.29, 1.82) is 0 Å². The van der Waals surface area contributed by atoms with Crippen LogP contribution >= 0.6 is 0 Å². The molecule has 1 aromatic carbocycles. The van der Waals surface area contributed by atoms with Crippen molar-refractivity contribution in [2.24, 2.45) is 5.92 Å². The molecule has 0 aromatic heterocycles. The summed E-state index contributed by atoms with van der Waals surface area (Å²) in [5, 5.41) is 0. The molecule has 4 rings (SSSR count). The fraction of sp³-hybridized carbons (Fsp3) is 0.650. The number of rotatable bonds is 5. The Kier molecular flexibility index (Phi) is 5.34. The fourth-order valence-electron chi connectivity index (χ4n) is 4.33. The van der Waals surface area contributed by atoms with Gasteiger partial charge in [-0.1, -0.05) is 30.3 Å². The molecular weight excluding hydrogens is 316 g/mol. The van der Waals surface area contributed by atoms with Crippen LogP contribution in [0.15, 0.2) is 30.3 Å². The lowest BCUT2D eigenvalue weighted by atomic mass is 10.0. The summed E-state index contributed by atoms with van der Waals surface area (Å²) in [7, 11) is 0. The van der Waals surface area contributed by atoms with Gasteiger partial charge in [0.1, 0.15) is 0 Å². The Morgan fingerprint density at radius 1 is 1.12 bits per heavy atom. The average Bonchev–Trinajstić information content (AvgIpc) is 3.19. The van der Waals surface area contributed by atoms with Crippen molar-refractivity contribution < 1.29 is 14.3 Å². The van der Waals surface area contributed by atoms with Crippen molar-refractivity contribution >= 4 is 5.91 Å². The van der Waals surface area contributed by atoms with Crippen molar-refractivity contribution in [2.45, 2.75) is 31.5 Å². The minimum Gasteiger partial charge on any atom is -0.378 e. The van der Waals surface area contributed by atoms with Gasteiger partial charge in [-0.2, -0.15) is 0 Å². The van der Waals surface area contributed by atoms with E-state index in [1.807, 2.05) is 4.90 Å². The molecule has 0 unspecified atom stereocenters. The van der Waals surface area contributed by atoms with Crippen LogP contribution in [0.5, 0.6) is 0 Å². The van der Waals surface area contributed by atoms with Gasteiger partial charge in [0, 0.05) is 38.6 Å². The smallest absolute Gasteiger partial charge is 0.225 e. The Morgan fingerprint density at radius 3 is 2.68 bits per heavy atom. The molecule has 5 nitrogen and oxygen atoms in total. The molecular formula is C20H28N2O3.